The molecule has 2 bridgehead atoms. The van der Waals surface area contributed by atoms with E-state index in [9.17, 15) is 9.59 Å². The van der Waals surface area contributed by atoms with Crippen LogP contribution < -0.4 is 15.8 Å². The molecule has 2 aliphatic carbocycles. The number of benzene rings is 2. The van der Waals surface area contributed by atoms with Crippen LogP contribution in [0, 0.1) is 11.8 Å². The van der Waals surface area contributed by atoms with Gasteiger partial charge in [0.15, 0.2) is 5.82 Å². The molecule has 4 heterocycles. The second-order valence-corrected chi connectivity index (χ2v) is 13.2. The molecule has 3 N–H and O–H groups in total. The first kappa shape index (κ1) is 28.8. The van der Waals surface area contributed by atoms with Crippen LogP contribution in [0.15, 0.2) is 54.6 Å². The molecule has 3 atom stereocenters. The zero-order valence-electron chi connectivity index (χ0n) is 26.5. The molecule has 8 rings (SSSR count). The number of nitrogens with zero attached hydrogens (tertiary/aromatic N) is 5. The smallest absolute Gasteiger partial charge is 0.254 e. The Morgan fingerprint density at radius 3 is 2.50 bits per heavy atom. The molecule has 3 aromatic heterocycles. The number of carbonyl (C=O) groups is 2. The van der Waals surface area contributed by atoms with Gasteiger partial charge in [0.25, 0.3) is 5.91 Å². The van der Waals surface area contributed by atoms with Gasteiger partial charge in [0.05, 0.1) is 30.4 Å². The SMILES string of the molecule is CNC(=O)Cc1ccc(-c2ccc3cc(-c4nc5cc(C(=O)N6CC7CCC6[C@@H]7N)cc(OC)c5n4C)n(CC4CC4)c3n2)cc1. The van der Waals surface area contributed by atoms with E-state index in [4.69, 9.17) is 20.4 Å². The number of methoxy groups -OCH3 is 1. The van der Waals surface area contributed by atoms with E-state index >= 15 is 0 Å². The number of nitrogens with one attached hydrogen (secondary N) is 1. The van der Waals surface area contributed by atoms with Crippen molar-refractivity contribution in [1.29, 1.82) is 0 Å². The van der Waals surface area contributed by atoms with Gasteiger partial charge in [0.2, 0.25) is 5.91 Å². The molecule has 10 nitrogen and oxygen atoms in total. The number of pyridine rings is 1. The first-order chi connectivity index (χ1) is 22.3. The number of carbonyl (C=O) groups excluding carboxylic acids is 2. The number of ether oxygens (including phenoxy) is 1. The fourth-order valence-electron chi connectivity index (χ4n) is 7.55. The maximum absolute atomic E-state index is 13.7. The number of amides is 2. The van der Waals surface area contributed by atoms with Crippen LogP contribution in [0.1, 0.15) is 41.6 Å². The van der Waals surface area contributed by atoms with Gasteiger partial charge in [-0.25, -0.2) is 9.97 Å². The number of nitrogens with two attached hydrogens (primary N) is 1. The summed E-state index contributed by atoms with van der Waals surface area (Å²) >= 11 is 0. The Morgan fingerprint density at radius 1 is 1.02 bits per heavy atom. The van der Waals surface area contributed by atoms with Crippen molar-refractivity contribution in [2.45, 2.75) is 50.7 Å². The summed E-state index contributed by atoms with van der Waals surface area (Å²) in [6.45, 7) is 1.58. The summed E-state index contributed by atoms with van der Waals surface area (Å²) in [4.78, 5) is 37.8. The van der Waals surface area contributed by atoms with Crippen molar-refractivity contribution in [3.05, 3.63) is 65.7 Å². The van der Waals surface area contributed by atoms with Crippen LogP contribution in [-0.4, -0.2) is 68.6 Å². The van der Waals surface area contributed by atoms with Gasteiger partial charge >= 0.3 is 0 Å². The van der Waals surface area contributed by atoms with Crippen molar-refractivity contribution >= 4 is 33.9 Å². The van der Waals surface area contributed by atoms with E-state index in [0.717, 1.165) is 76.3 Å². The zero-order chi connectivity index (χ0) is 31.7. The summed E-state index contributed by atoms with van der Waals surface area (Å²) in [6.07, 6.45) is 4.82. The quantitative estimate of drug-likeness (QED) is 0.264. The highest BCUT2D eigenvalue weighted by molar-refractivity contribution is 6.00. The summed E-state index contributed by atoms with van der Waals surface area (Å²) in [5.41, 5.74) is 13.3. The average molecular weight is 618 g/mol. The lowest BCUT2D eigenvalue weighted by Crippen LogP contribution is -2.41. The molecule has 5 aromatic rings. The Kier molecular flexibility index (Phi) is 6.86. The predicted molar refractivity (Wildman–Crippen MR) is 177 cm³/mol. The van der Waals surface area contributed by atoms with E-state index in [1.807, 2.05) is 54.4 Å². The minimum absolute atomic E-state index is 0.00343. The minimum atomic E-state index is -0.0109. The second-order valence-electron chi connectivity index (χ2n) is 13.2. The third kappa shape index (κ3) is 4.74. The molecule has 1 aliphatic heterocycles. The molecule has 0 radical (unpaired) electrons. The Hall–Kier alpha value is -4.70. The average Bonchev–Trinajstić information content (AvgIpc) is 3.48. The molecule has 2 aromatic carbocycles. The molecule has 236 valence electrons. The Labute approximate surface area is 267 Å². The molecule has 10 heteroatoms. The lowest BCUT2D eigenvalue weighted by atomic mass is 10.1. The summed E-state index contributed by atoms with van der Waals surface area (Å²) in [5.74, 6) is 2.41. The fraction of sp³-hybridized carbons (Fsp3) is 0.389. The van der Waals surface area contributed by atoms with E-state index in [-0.39, 0.29) is 23.9 Å². The number of likely N-dealkylation sites (tertiary alicyclic amines) is 1. The van der Waals surface area contributed by atoms with Gasteiger partial charge in [-0.2, -0.15) is 0 Å². The van der Waals surface area contributed by atoms with Gasteiger partial charge in [-0.1, -0.05) is 24.3 Å². The highest BCUT2D eigenvalue weighted by atomic mass is 16.5. The number of imidazole rings is 1. The molecule has 2 unspecified atom stereocenters. The second kappa shape index (κ2) is 11.0. The van der Waals surface area contributed by atoms with Crippen molar-refractivity contribution < 1.29 is 14.3 Å². The minimum Gasteiger partial charge on any atom is -0.494 e. The molecule has 0 spiro atoms. The Morgan fingerprint density at radius 2 is 1.83 bits per heavy atom. The number of piperidine rings is 1. The lowest BCUT2D eigenvalue weighted by Gasteiger charge is -2.27. The largest absolute Gasteiger partial charge is 0.494 e. The van der Waals surface area contributed by atoms with E-state index in [1.165, 1.54) is 12.8 Å². The van der Waals surface area contributed by atoms with Crippen molar-refractivity contribution in [3.63, 3.8) is 0 Å². The van der Waals surface area contributed by atoms with Crippen LogP contribution in [0.2, 0.25) is 0 Å². The van der Waals surface area contributed by atoms with Crippen LogP contribution in [0.4, 0.5) is 0 Å². The highest BCUT2D eigenvalue weighted by Crippen LogP contribution is 2.40. The van der Waals surface area contributed by atoms with Crippen LogP contribution in [0.25, 0.3) is 44.8 Å². The maximum Gasteiger partial charge on any atom is 0.254 e. The molecule has 3 fully saturated rings. The lowest BCUT2D eigenvalue weighted by molar-refractivity contribution is -0.119. The number of hydrogen-bond donors (Lipinski definition) is 2. The van der Waals surface area contributed by atoms with Gasteiger partial charge in [-0.05, 0) is 73.4 Å². The van der Waals surface area contributed by atoms with Crippen molar-refractivity contribution in [2.24, 2.45) is 24.6 Å². The molecular formula is C36H39N7O3. The Bertz CT molecular complexity index is 2010. The van der Waals surface area contributed by atoms with Crippen molar-refractivity contribution in [2.75, 3.05) is 20.7 Å². The summed E-state index contributed by atoms with van der Waals surface area (Å²) < 4.78 is 10.2. The predicted octanol–water partition coefficient (Wildman–Crippen LogP) is 4.53. The van der Waals surface area contributed by atoms with Crippen LogP contribution in [-0.2, 0) is 24.8 Å². The van der Waals surface area contributed by atoms with Crippen LogP contribution in [0.3, 0.4) is 0 Å². The van der Waals surface area contributed by atoms with Crippen LogP contribution >= 0.6 is 0 Å². The van der Waals surface area contributed by atoms with Gasteiger partial charge in [-0.3, -0.25) is 9.59 Å². The van der Waals surface area contributed by atoms with E-state index < -0.39 is 0 Å². The number of likely N-dealkylation sites (N-methyl/N-ethyl adjacent to an activating group) is 1. The zero-order valence-corrected chi connectivity index (χ0v) is 26.5. The fourth-order valence-corrected chi connectivity index (χ4v) is 7.55. The molecular weight excluding hydrogens is 578 g/mol. The van der Waals surface area contributed by atoms with E-state index in [1.54, 1.807) is 14.2 Å². The monoisotopic (exact) mass is 617 g/mol. The number of aryl methyl sites for hydroxylation is 1. The number of aromatic nitrogens is 4. The normalized spacial score (nSPS) is 20.6. The summed E-state index contributed by atoms with van der Waals surface area (Å²) in [6, 6.07) is 18.3. The first-order valence-electron chi connectivity index (χ1n) is 16.2. The van der Waals surface area contributed by atoms with Crippen LogP contribution in [0.5, 0.6) is 5.75 Å². The van der Waals surface area contributed by atoms with Crippen molar-refractivity contribution in [3.8, 4) is 28.5 Å². The van der Waals surface area contributed by atoms with Gasteiger partial charge in [0, 0.05) is 55.8 Å². The molecule has 2 saturated carbocycles. The number of fused-ring (bicyclic) bond motifs is 4. The standard InChI is InChI=1S/C36H39N7O3/c1-38-31(44)14-20-6-8-22(9-7-20)26-12-10-23-16-29(42(34(23)39-26)18-21-4-5-21)35-40-27-15-25(17-30(46-3)33(27)41(35)2)36(45)43-19-24-11-13-28(43)32(24)37/h6-10,12,15-17,21,24,28,32H,4-5,11,13-14,18-19,37H2,1-3H3,(H,38,44)/t24?,28?,32-/m1/s1. The number of rotatable bonds is 8. The van der Waals surface area contributed by atoms with Gasteiger partial charge in [-0.15, -0.1) is 0 Å². The van der Waals surface area contributed by atoms with E-state index in [0.29, 0.717) is 29.6 Å². The van der Waals surface area contributed by atoms with E-state index in [2.05, 4.69) is 26.6 Å². The topological polar surface area (TPSA) is 120 Å². The van der Waals surface area contributed by atoms with Crippen molar-refractivity contribution in [1.82, 2.24) is 29.3 Å². The summed E-state index contributed by atoms with van der Waals surface area (Å²) in [7, 11) is 5.30. The molecule has 2 amide bonds. The highest BCUT2D eigenvalue weighted by Gasteiger charge is 2.47. The summed E-state index contributed by atoms with van der Waals surface area (Å²) in [5, 5.41) is 3.73. The molecule has 46 heavy (non-hydrogen) atoms. The maximum atomic E-state index is 13.7. The molecule has 1 saturated heterocycles. The molecule has 3 aliphatic rings. The van der Waals surface area contributed by atoms with Gasteiger partial charge < -0.3 is 29.8 Å². The third-order valence-electron chi connectivity index (χ3n) is 10.3. The third-order valence-corrected chi connectivity index (χ3v) is 10.3. The number of hydrogen-bond acceptors (Lipinski definition) is 6. The first-order valence-corrected chi connectivity index (χ1v) is 16.2. The Balaban J connectivity index is 1.19. The van der Waals surface area contributed by atoms with Gasteiger partial charge in [0.1, 0.15) is 16.9 Å².